The topological polar surface area (TPSA) is 73.8 Å². The largest absolute Gasteiger partial charge is 0.352 e. The van der Waals surface area contributed by atoms with E-state index in [1.807, 2.05) is 17.2 Å². The van der Waals surface area contributed by atoms with Gasteiger partial charge in [-0.05, 0) is 19.9 Å². The Labute approximate surface area is 138 Å². The Morgan fingerprint density at radius 1 is 1.00 bits per heavy atom. The van der Waals surface area contributed by atoms with Crippen LogP contribution in [0.2, 0.25) is 0 Å². The molecule has 0 amide bonds. The van der Waals surface area contributed by atoms with Gasteiger partial charge >= 0.3 is 0 Å². The highest BCUT2D eigenvalue weighted by Crippen LogP contribution is 2.25. The van der Waals surface area contributed by atoms with E-state index in [1.165, 1.54) is 0 Å². The van der Waals surface area contributed by atoms with Crippen molar-refractivity contribution in [2.45, 2.75) is 13.8 Å². The molecule has 124 valence electrons. The molecule has 1 aliphatic rings. The van der Waals surface area contributed by atoms with Crippen LogP contribution < -0.4 is 9.80 Å². The Morgan fingerprint density at radius 2 is 1.71 bits per heavy atom. The van der Waals surface area contributed by atoms with Gasteiger partial charge in [0.1, 0.15) is 23.6 Å². The van der Waals surface area contributed by atoms with Gasteiger partial charge in [-0.15, -0.1) is 0 Å². The molecule has 0 unspecified atom stereocenters. The third kappa shape index (κ3) is 2.44. The van der Waals surface area contributed by atoms with E-state index in [-0.39, 0.29) is 5.82 Å². The second kappa shape index (κ2) is 5.70. The van der Waals surface area contributed by atoms with Crippen LogP contribution in [-0.2, 0) is 0 Å². The van der Waals surface area contributed by atoms with Gasteiger partial charge < -0.3 is 14.8 Å². The molecule has 0 bridgehead atoms. The minimum atomic E-state index is -0.330. The first-order valence-electron chi connectivity index (χ1n) is 7.92. The van der Waals surface area contributed by atoms with E-state index in [9.17, 15) is 4.39 Å². The van der Waals surface area contributed by atoms with E-state index >= 15 is 0 Å². The fourth-order valence-corrected chi connectivity index (χ4v) is 3.13. The van der Waals surface area contributed by atoms with Crippen molar-refractivity contribution in [2.24, 2.45) is 0 Å². The van der Waals surface area contributed by atoms with Crippen LogP contribution in [0.4, 0.5) is 16.0 Å². The number of anilines is 2. The molecular formula is C16H18FN7. The fourth-order valence-electron chi connectivity index (χ4n) is 3.13. The molecule has 1 aliphatic heterocycles. The lowest BCUT2D eigenvalue weighted by molar-refractivity contribution is 0.571. The number of H-pyrrole nitrogens is 1. The summed E-state index contributed by atoms with van der Waals surface area (Å²) < 4.78 is 14.3. The van der Waals surface area contributed by atoms with Crippen molar-refractivity contribution in [1.29, 1.82) is 0 Å². The standard InChI is InChI=1S/C16H18FN7/c1-10-13(17)16(22-11(2)21-10)24-7-5-23(6-8-24)15-12-3-4-18-14(12)19-9-20-15/h3-4,9H,5-8H2,1-2H3,(H,18,19,20). The molecule has 8 heteroatoms. The Bertz CT molecular complexity index is 883. The van der Waals surface area contributed by atoms with Crippen LogP contribution in [0.3, 0.4) is 0 Å². The minimum absolute atomic E-state index is 0.330. The Balaban J connectivity index is 1.56. The van der Waals surface area contributed by atoms with E-state index in [0.717, 1.165) is 29.9 Å². The predicted molar refractivity (Wildman–Crippen MR) is 89.8 cm³/mol. The maximum Gasteiger partial charge on any atom is 0.186 e. The highest BCUT2D eigenvalue weighted by Gasteiger charge is 2.24. The smallest absolute Gasteiger partial charge is 0.186 e. The molecule has 0 aliphatic carbocycles. The van der Waals surface area contributed by atoms with E-state index in [1.54, 1.807) is 20.2 Å². The monoisotopic (exact) mass is 327 g/mol. The summed E-state index contributed by atoms with van der Waals surface area (Å²) in [5.41, 5.74) is 1.22. The van der Waals surface area contributed by atoms with Gasteiger partial charge in [0.25, 0.3) is 0 Å². The molecule has 3 aromatic rings. The lowest BCUT2D eigenvalue weighted by atomic mass is 10.2. The summed E-state index contributed by atoms with van der Waals surface area (Å²) in [5.74, 6) is 1.57. The van der Waals surface area contributed by atoms with Crippen molar-refractivity contribution in [1.82, 2.24) is 24.9 Å². The molecule has 0 aromatic carbocycles. The Hall–Kier alpha value is -2.77. The number of rotatable bonds is 2. The number of nitrogens with zero attached hydrogens (tertiary/aromatic N) is 6. The zero-order chi connectivity index (χ0) is 16.7. The zero-order valence-corrected chi connectivity index (χ0v) is 13.6. The SMILES string of the molecule is Cc1nc(C)c(F)c(N2CCN(c3ncnc4[nH]ccc34)CC2)n1. The lowest BCUT2D eigenvalue weighted by Crippen LogP contribution is -2.47. The highest BCUT2D eigenvalue weighted by atomic mass is 19.1. The van der Waals surface area contributed by atoms with Crippen LogP contribution in [0.5, 0.6) is 0 Å². The molecule has 24 heavy (non-hydrogen) atoms. The number of hydrogen-bond donors (Lipinski definition) is 1. The zero-order valence-electron chi connectivity index (χ0n) is 13.6. The summed E-state index contributed by atoms with van der Waals surface area (Å²) >= 11 is 0. The van der Waals surface area contributed by atoms with Gasteiger partial charge in [0.2, 0.25) is 0 Å². The summed E-state index contributed by atoms with van der Waals surface area (Å²) in [6.07, 6.45) is 3.43. The Morgan fingerprint density at radius 3 is 2.46 bits per heavy atom. The van der Waals surface area contributed by atoms with Gasteiger partial charge in [0.15, 0.2) is 11.6 Å². The first-order chi connectivity index (χ1) is 11.6. The summed E-state index contributed by atoms with van der Waals surface area (Å²) in [4.78, 5) is 24.3. The number of aryl methyl sites for hydroxylation is 2. The lowest BCUT2D eigenvalue weighted by Gasteiger charge is -2.36. The van der Waals surface area contributed by atoms with Crippen LogP contribution in [0.25, 0.3) is 11.0 Å². The van der Waals surface area contributed by atoms with Crippen molar-refractivity contribution in [3.8, 4) is 0 Å². The fraction of sp³-hybridized carbons (Fsp3) is 0.375. The molecule has 0 atom stereocenters. The number of fused-ring (bicyclic) bond motifs is 1. The average Bonchev–Trinajstić information content (AvgIpc) is 3.07. The van der Waals surface area contributed by atoms with Crippen molar-refractivity contribution in [2.75, 3.05) is 36.0 Å². The van der Waals surface area contributed by atoms with E-state index < -0.39 is 0 Å². The summed E-state index contributed by atoms with van der Waals surface area (Å²) in [6.45, 7) is 6.33. The van der Waals surface area contributed by atoms with E-state index in [4.69, 9.17) is 0 Å². The third-order valence-electron chi connectivity index (χ3n) is 4.32. The number of halogens is 1. The van der Waals surface area contributed by atoms with Gasteiger partial charge in [-0.2, -0.15) is 0 Å². The highest BCUT2D eigenvalue weighted by molar-refractivity contribution is 5.87. The van der Waals surface area contributed by atoms with Gasteiger partial charge in [-0.1, -0.05) is 0 Å². The van der Waals surface area contributed by atoms with Crippen LogP contribution in [0.15, 0.2) is 18.6 Å². The second-order valence-electron chi connectivity index (χ2n) is 5.91. The van der Waals surface area contributed by atoms with E-state index in [0.29, 0.717) is 30.4 Å². The number of aromatic amines is 1. The van der Waals surface area contributed by atoms with Gasteiger partial charge in [-0.25, -0.2) is 24.3 Å². The summed E-state index contributed by atoms with van der Waals surface area (Å²) in [5, 5.41) is 1.01. The molecule has 3 aromatic heterocycles. The maximum atomic E-state index is 14.3. The molecule has 4 rings (SSSR count). The number of piperazine rings is 1. The average molecular weight is 327 g/mol. The van der Waals surface area contributed by atoms with Gasteiger partial charge in [0, 0.05) is 32.4 Å². The third-order valence-corrected chi connectivity index (χ3v) is 4.32. The molecule has 0 saturated carbocycles. The molecule has 0 spiro atoms. The number of hydrogen-bond acceptors (Lipinski definition) is 6. The summed E-state index contributed by atoms with van der Waals surface area (Å²) in [6, 6.07) is 1.98. The van der Waals surface area contributed by atoms with E-state index in [2.05, 4.69) is 29.8 Å². The van der Waals surface area contributed by atoms with Crippen molar-refractivity contribution >= 4 is 22.7 Å². The molecule has 1 fully saturated rings. The van der Waals surface area contributed by atoms with Crippen molar-refractivity contribution in [3.63, 3.8) is 0 Å². The number of nitrogens with one attached hydrogen (secondary N) is 1. The normalized spacial score (nSPS) is 15.3. The Kier molecular flexibility index (Phi) is 3.51. The number of aromatic nitrogens is 5. The molecule has 7 nitrogen and oxygen atoms in total. The van der Waals surface area contributed by atoms with Gasteiger partial charge in [-0.3, -0.25) is 0 Å². The predicted octanol–water partition coefficient (Wildman–Crippen LogP) is 1.83. The van der Waals surface area contributed by atoms with Crippen LogP contribution >= 0.6 is 0 Å². The minimum Gasteiger partial charge on any atom is -0.352 e. The van der Waals surface area contributed by atoms with Crippen molar-refractivity contribution < 1.29 is 4.39 Å². The van der Waals surface area contributed by atoms with Gasteiger partial charge in [0.05, 0.1) is 11.1 Å². The first-order valence-corrected chi connectivity index (χ1v) is 7.92. The molecule has 0 radical (unpaired) electrons. The second-order valence-corrected chi connectivity index (χ2v) is 5.91. The molecule has 4 heterocycles. The van der Waals surface area contributed by atoms with Crippen LogP contribution in [0, 0.1) is 19.7 Å². The molecule has 1 saturated heterocycles. The molecule has 1 N–H and O–H groups in total. The van der Waals surface area contributed by atoms with Crippen LogP contribution in [-0.4, -0.2) is 51.1 Å². The maximum absolute atomic E-state index is 14.3. The molecular weight excluding hydrogens is 309 g/mol. The first kappa shape index (κ1) is 14.8. The van der Waals surface area contributed by atoms with Crippen LogP contribution in [0.1, 0.15) is 11.5 Å². The summed E-state index contributed by atoms with van der Waals surface area (Å²) in [7, 11) is 0. The quantitative estimate of drug-likeness (QED) is 0.774. The van der Waals surface area contributed by atoms with Crippen molar-refractivity contribution in [3.05, 3.63) is 35.9 Å².